The lowest BCUT2D eigenvalue weighted by atomic mass is 9.94. The lowest BCUT2D eigenvalue weighted by Crippen LogP contribution is -2.52. The summed E-state index contributed by atoms with van der Waals surface area (Å²) in [5.41, 5.74) is 0.717. The fourth-order valence-electron chi connectivity index (χ4n) is 3.90. The molecule has 2 N–H and O–H groups in total. The first-order valence-corrected chi connectivity index (χ1v) is 9.83. The molecule has 1 fully saturated rings. The van der Waals surface area contributed by atoms with Crippen molar-refractivity contribution in [2.24, 2.45) is 0 Å². The lowest BCUT2D eigenvalue weighted by molar-refractivity contribution is -0.385. The minimum atomic E-state index is -0.581. The molecule has 1 aliphatic rings. The van der Waals surface area contributed by atoms with E-state index in [1.165, 1.54) is 23.8 Å². The number of benzene rings is 2. The molecule has 1 atom stereocenters. The molecule has 7 heteroatoms. The molecule has 0 saturated heterocycles. The predicted molar refractivity (Wildman–Crippen MR) is 110 cm³/mol. The van der Waals surface area contributed by atoms with Gasteiger partial charge in [-0.2, -0.15) is 0 Å². The number of nitro groups is 1. The van der Waals surface area contributed by atoms with Gasteiger partial charge in [0.2, 0.25) is 0 Å². The van der Waals surface area contributed by atoms with E-state index >= 15 is 0 Å². The summed E-state index contributed by atoms with van der Waals surface area (Å²) in [6, 6.07) is 14.4. The normalized spacial score (nSPS) is 16.5. The highest BCUT2D eigenvalue weighted by Gasteiger charge is 2.35. The van der Waals surface area contributed by atoms with Crippen LogP contribution in [0.4, 0.5) is 5.69 Å². The molecule has 6 nitrogen and oxygen atoms in total. The maximum absolute atomic E-state index is 12.6. The number of amides is 1. The number of carbonyl (C=O) groups is 1. The first-order valence-electron chi connectivity index (χ1n) is 9.45. The van der Waals surface area contributed by atoms with Gasteiger partial charge in [-0.15, -0.1) is 0 Å². The fourth-order valence-corrected chi connectivity index (χ4v) is 4.07. The molecule has 0 spiro atoms. The Morgan fingerprint density at radius 1 is 1.21 bits per heavy atom. The topological polar surface area (TPSA) is 84.3 Å². The van der Waals surface area contributed by atoms with E-state index in [1.54, 1.807) is 0 Å². The monoisotopic (exact) mass is 401 g/mol. The highest BCUT2D eigenvalue weighted by molar-refractivity contribution is 6.31. The van der Waals surface area contributed by atoms with E-state index in [0.29, 0.717) is 6.54 Å². The van der Waals surface area contributed by atoms with Crippen LogP contribution in [-0.2, 0) is 0 Å². The summed E-state index contributed by atoms with van der Waals surface area (Å²) in [7, 11) is 0. The van der Waals surface area contributed by atoms with Crippen LogP contribution in [0.2, 0.25) is 5.02 Å². The van der Waals surface area contributed by atoms with Crippen molar-refractivity contribution in [3.8, 4) is 0 Å². The molecule has 0 bridgehead atoms. The van der Waals surface area contributed by atoms with Crippen LogP contribution >= 0.6 is 11.6 Å². The molecule has 0 radical (unpaired) electrons. The molecular formula is C21H24ClN3O3. The number of nitro benzene ring substituents is 1. The van der Waals surface area contributed by atoms with Crippen LogP contribution in [0.15, 0.2) is 48.5 Å². The summed E-state index contributed by atoms with van der Waals surface area (Å²) in [4.78, 5) is 23.3. The highest BCUT2D eigenvalue weighted by atomic mass is 35.5. The van der Waals surface area contributed by atoms with Gasteiger partial charge < -0.3 is 10.6 Å². The Morgan fingerprint density at radius 3 is 2.54 bits per heavy atom. The van der Waals surface area contributed by atoms with Crippen molar-refractivity contribution in [3.05, 3.63) is 74.8 Å². The zero-order valence-electron chi connectivity index (χ0n) is 15.8. The van der Waals surface area contributed by atoms with Gasteiger partial charge in [-0.05, 0) is 37.5 Å². The summed E-state index contributed by atoms with van der Waals surface area (Å²) in [6.45, 7) is 2.53. The van der Waals surface area contributed by atoms with Crippen LogP contribution in [0.5, 0.6) is 0 Å². The van der Waals surface area contributed by atoms with Crippen LogP contribution in [-0.4, -0.2) is 22.9 Å². The number of hydrogen-bond acceptors (Lipinski definition) is 4. The lowest BCUT2D eigenvalue weighted by Gasteiger charge is -2.34. The van der Waals surface area contributed by atoms with E-state index in [2.05, 4.69) is 29.7 Å². The summed E-state index contributed by atoms with van der Waals surface area (Å²) in [5.74, 6) is -0.455. The standard InChI is InChI=1S/C21H24ClN3O3/c1-15(16-7-3-2-4-8-16)24-21(11-5-6-12-21)14-23-20(26)18-10-9-17(22)13-19(18)25(27)28/h2-4,7-10,13,15,24H,5-6,11-12,14H2,1H3,(H,23,26). The minimum absolute atomic E-state index is 0.0265. The first kappa shape index (κ1) is 20.3. The van der Waals surface area contributed by atoms with Gasteiger partial charge in [0.1, 0.15) is 5.56 Å². The van der Waals surface area contributed by atoms with Gasteiger partial charge in [0.15, 0.2) is 0 Å². The summed E-state index contributed by atoms with van der Waals surface area (Å²) in [5, 5.41) is 18.1. The molecule has 0 heterocycles. The Hall–Kier alpha value is -2.44. The number of nitrogens with zero attached hydrogens (tertiary/aromatic N) is 1. The second-order valence-corrected chi connectivity index (χ2v) is 7.80. The van der Waals surface area contributed by atoms with Gasteiger partial charge in [-0.3, -0.25) is 14.9 Å². The summed E-state index contributed by atoms with van der Waals surface area (Å²) >= 11 is 5.84. The molecule has 0 aliphatic heterocycles. The van der Waals surface area contributed by atoms with Crippen LogP contribution < -0.4 is 10.6 Å². The average Bonchev–Trinajstić information content (AvgIpc) is 3.15. The smallest absolute Gasteiger partial charge is 0.283 e. The number of nitrogens with one attached hydrogen (secondary N) is 2. The summed E-state index contributed by atoms with van der Waals surface area (Å²) < 4.78 is 0. The zero-order chi connectivity index (χ0) is 20.1. The molecular weight excluding hydrogens is 378 g/mol. The molecule has 2 aromatic rings. The van der Waals surface area contributed by atoms with E-state index in [-0.39, 0.29) is 27.9 Å². The highest BCUT2D eigenvalue weighted by Crippen LogP contribution is 2.32. The predicted octanol–water partition coefficient (Wildman–Crippen LogP) is 4.64. The van der Waals surface area contributed by atoms with Crippen molar-refractivity contribution < 1.29 is 9.72 Å². The van der Waals surface area contributed by atoms with Gasteiger partial charge in [0.05, 0.1) is 4.92 Å². The van der Waals surface area contributed by atoms with E-state index in [0.717, 1.165) is 25.7 Å². The number of hydrogen-bond donors (Lipinski definition) is 2. The van der Waals surface area contributed by atoms with Crippen molar-refractivity contribution in [3.63, 3.8) is 0 Å². The van der Waals surface area contributed by atoms with Crippen LogP contribution in [0.25, 0.3) is 0 Å². The maximum Gasteiger partial charge on any atom is 0.283 e. The molecule has 1 amide bonds. The third-order valence-corrected chi connectivity index (χ3v) is 5.61. The Labute approximate surface area is 169 Å². The Bertz CT molecular complexity index is 851. The van der Waals surface area contributed by atoms with Gasteiger partial charge in [-0.25, -0.2) is 0 Å². The Morgan fingerprint density at radius 2 is 1.89 bits per heavy atom. The van der Waals surface area contributed by atoms with Crippen LogP contribution in [0.1, 0.15) is 54.6 Å². The first-order chi connectivity index (χ1) is 13.4. The van der Waals surface area contributed by atoms with Gasteiger partial charge in [0.25, 0.3) is 11.6 Å². The van der Waals surface area contributed by atoms with E-state index in [1.807, 2.05) is 18.2 Å². The van der Waals surface area contributed by atoms with Crippen molar-refractivity contribution >= 4 is 23.2 Å². The molecule has 1 aliphatic carbocycles. The van der Waals surface area contributed by atoms with Gasteiger partial charge >= 0.3 is 0 Å². The molecule has 1 saturated carbocycles. The Balaban J connectivity index is 1.72. The third kappa shape index (κ3) is 4.69. The quantitative estimate of drug-likeness (QED) is 0.522. The third-order valence-electron chi connectivity index (χ3n) is 5.37. The molecule has 1 unspecified atom stereocenters. The molecule has 148 valence electrons. The van der Waals surface area contributed by atoms with Gasteiger partial charge in [-0.1, -0.05) is 54.8 Å². The van der Waals surface area contributed by atoms with Crippen molar-refractivity contribution in [2.45, 2.75) is 44.2 Å². The largest absolute Gasteiger partial charge is 0.350 e. The Kier molecular flexibility index (Phi) is 6.31. The molecule has 0 aromatic heterocycles. The SMILES string of the molecule is CC(NC1(CNC(=O)c2ccc(Cl)cc2[N+](=O)[O-])CCCC1)c1ccccc1. The van der Waals surface area contributed by atoms with Gasteiger partial charge in [0, 0.05) is 29.2 Å². The van der Waals surface area contributed by atoms with Crippen molar-refractivity contribution in [1.29, 1.82) is 0 Å². The maximum atomic E-state index is 12.6. The number of rotatable bonds is 7. The van der Waals surface area contributed by atoms with Crippen molar-refractivity contribution in [2.75, 3.05) is 6.54 Å². The molecule has 28 heavy (non-hydrogen) atoms. The second kappa shape index (κ2) is 8.71. The molecule has 2 aromatic carbocycles. The number of halogens is 1. The van der Waals surface area contributed by atoms with E-state index in [4.69, 9.17) is 11.6 Å². The van der Waals surface area contributed by atoms with E-state index in [9.17, 15) is 14.9 Å². The minimum Gasteiger partial charge on any atom is -0.350 e. The van der Waals surface area contributed by atoms with Crippen LogP contribution in [0.3, 0.4) is 0 Å². The van der Waals surface area contributed by atoms with E-state index < -0.39 is 10.8 Å². The second-order valence-electron chi connectivity index (χ2n) is 7.37. The fraction of sp³-hybridized carbons (Fsp3) is 0.381. The molecule has 3 rings (SSSR count). The van der Waals surface area contributed by atoms with Crippen molar-refractivity contribution in [1.82, 2.24) is 10.6 Å². The zero-order valence-corrected chi connectivity index (χ0v) is 16.5. The number of carbonyl (C=O) groups excluding carboxylic acids is 1. The van der Waals surface area contributed by atoms with Crippen LogP contribution in [0, 0.1) is 10.1 Å². The average molecular weight is 402 g/mol. The summed E-state index contributed by atoms with van der Waals surface area (Å²) in [6.07, 6.45) is 4.08.